The Balaban J connectivity index is 1.48. The third-order valence-electron chi connectivity index (χ3n) is 4.60. The third-order valence-corrected chi connectivity index (χ3v) is 5.87. The zero-order valence-corrected chi connectivity index (χ0v) is 18.3. The third kappa shape index (κ3) is 6.25. The number of amidine groups is 1. The summed E-state index contributed by atoms with van der Waals surface area (Å²) >= 11 is 1.79. The maximum absolute atomic E-state index is 12.1. The molecule has 0 spiro atoms. The van der Waals surface area contributed by atoms with Gasteiger partial charge in [-0.15, -0.1) is 0 Å². The van der Waals surface area contributed by atoms with Gasteiger partial charge < -0.3 is 15.4 Å². The first-order chi connectivity index (χ1) is 14.6. The van der Waals surface area contributed by atoms with Crippen molar-refractivity contribution in [2.24, 2.45) is 10.1 Å². The number of rotatable bonds is 8. The number of aliphatic imine (C=N–C) groups is 1. The molecule has 2 aromatic carbocycles. The predicted molar refractivity (Wildman–Crippen MR) is 126 cm³/mol. The zero-order valence-electron chi connectivity index (χ0n) is 17.4. The van der Waals surface area contributed by atoms with E-state index in [1.165, 1.54) is 0 Å². The summed E-state index contributed by atoms with van der Waals surface area (Å²) in [6, 6.07) is 15.3. The van der Waals surface area contributed by atoms with Gasteiger partial charge in [0.15, 0.2) is 5.17 Å². The molecule has 0 radical (unpaired) electrons. The summed E-state index contributed by atoms with van der Waals surface area (Å²) in [5.41, 5.74) is 6.05. The highest BCUT2D eigenvalue weighted by Gasteiger charge is 2.17. The first kappa shape index (κ1) is 21.7. The van der Waals surface area contributed by atoms with Gasteiger partial charge in [-0.1, -0.05) is 36.9 Å². The summed E-state index contributed by atoms with van der Waals surface area (Å²) in [4.78, 5) is 16.6. The molecule has 0 aliphatic carbocycles. The first-order valence-corrected chi connectivity index (χ1v) is 10.7. The molecule has 0 unspecified atom stereocenters. The van der Waals surface area contributed by atoms with Crippen molar-refractivity contribution in [2.75, 3.05) is 30.8 Å². The lowest BCUT2D eigenvalue weighted by atomic mass is 10.1. The van der Waals surface area contributed by atoms with Crippen molar-refractivity contribution in [1.29, 1.82) is 0 Å². The number of nitrogens with zero attached hydrogens (tertiary/aromatic N) is 2. The lowest BCUT2D eigenvalue weighted by molar-refractivity contribution is -0.119. The number of anilines is 2. The molecule has 3 N–H and O–H groups in total. The number of hydrazone groups is 1. The Morgan fingerprint density at radius 2 is 2.03 bits per heavy atom. The molecule has 3 rings (SSSR count). The van der Waals surface area contributed by atoms with Crippen molar-refractivity contribution in [3.8, 4) is 5.75 Å². The quantitative estimate of drug-likeness (QED) is 0.440. The number of ether oxygens (including phenoxy) is 1. The topological polar surface area (TPSA) is 87.1 Å². The Hall–Kier alpha value is -3.00. The van der Waals surface area contributed by atoms with E-state index in [9.17, 15) is 4.79 Å². The van der Waals surface area contributed by atoms with Gasteiger partial charge >= 0.3 is 0 Å². The molecule has 1 amide bonds. The van der Waals surface area contributed by atoms with Gasteiger partial charge in [-0.05, 0) is 43.2 Å². The lowest BCUT2D eigenvalue weighted by Crippen LogP contribution is -2.26. The molecule has 0 saturated carbocycles. The van der Waals surface area contributed by atoms with Crippen LogP contribution in [0.5, 0.6) is 5.75 Å². The zero-order chi connectivity index (χ0) is 21.3. The lowest BCUT2D eigenvalue weighted by Gasteiger charge is -2.09. The summed E-state index contributed by atoms with van der Waals surface area (Å²) in [5, 5.41) is 12.1. The van der Waals surface area contributed by atoms with Gasteiger partial charge in [-0.2, -0.15) is 5.10 Å². The molecule has 1 aliphatic rings. The molecule has 8 heteroatoms. The number of nitrogens with one attached hydrogen (secondary N) is 3. The molecule has 1 aliphatic heterocycles. The van der Waals surface area contributed by atoms with Crippen molar-refractivity contribution in [3.63, 3.8) is 0 Å². The Kier molecular flexibility index (Phi) is 7.73. The van der Waals surface area contributed by atoms with Gasteiger partial charge in [0, 0.05) is 22.7 Å². The van der Waals surface area contributed by atoms with Crippen LogP contribution in [0.2, 0.25) is 0 Å². The minimum Gasteiger partial charge on any atom is -0.497 e. The summed E-state index contributed by atoms with van der Waals surface area (Å²) in [7, 11) is 1.61. The van der Waals surface area contributed by atoms with E-state index in [-0.39, 0.29) is 12.5 Å². The summed E-state index contributed by atoms with van der Waals surface area (Å²) in [6.45, 7) is 5.03. The SMILES string of the molecule is CC[C@@H]1CN=C(Nc2ccc(/C(C)=N\NC(=O)CNc3cccc(OC)c3)cc2)S1. The van der Waals surface area contributed by atoms with Gasteiger partial charge in [-0.25, -0.2) is 5.43 Å². The number of carbonyl (C=O) groups is 1. The number of thioether (sulfide) groups is 1. The summed E-state index contributed by atoms with van der Waals surface area (Å²) < 4.78 is 5.17. The van der Waals surface area contributed by atoms with E-state index in [2.05, 4.69) is 33.1 Å². The van der Waals surface area contributed by atoms with E-state index in [0.717, 1.165) is 46.5 Å². The number of hydrogen-bond donors (Lipinski definition) is 3. The molecule has 30 heavy (non-hydrogen) atoms. The van der Waals surface area contributed by atoms with Crippen LogP contribution in [0.15, 0.2) is 58.6 Å². The molecule has 1 atom stereocenters. The molecule has 0 fully saturated rings. The minimum absolute atomic E-state index is 0.116. The van der Waals surface area contributed by atoms with Crippen LogP contribution in [0.4, 0.5) is 11.4 Å². The molecule has 0 aromatic heterocycles. The number of benzene rings is 2. The molecule has 1 heterocycles. The molecule has 0 saturated heterocycles. The molecular weight excluding hydrogens is 398 g/mol. The van der Waals surface area contributed by atoms with Crippen LogP contribution >= 0.6 is 11.8 Å². The van der Waals surface area contributed by atoms with Crippen molar-refractivity contribution >= 4 is 39.9 Å². The molecule has 158 valence electrons. The van der Waals surface area contributed by atoms with Crippen LogP contribution in [-0.4, -0.2) is 42.2 Å². The van der Waals surface area contributed by atoms with E-state index in [1.54, 1.807) is 18.9 Å². The van der Waals surface area contributed by atoms with Crippen LogP contribution in [0.25, 0.3) is 0 Å². The molecule has 2 aromatic rings. The summed E-state index contributed by atoms with van der Waals surface area (Å²) in [5.74, 6) is 0.508. The summed E-state index contributed by atoms with van der Waals surface area (Å²) in [6.07, 6.45) is 1.12. The number of hydrogen-bond acceptors (Lipinski definition) is 7. The highest BCUT2D eigenvalue weighted by molar-refractivity contribution is 8.15. The number of methoxy groups -OCH3 is 1. The van der Waals surface area contributed by atoms with E-state index in [4.69, 9.17) is 4.74 Å². The van der Waals surface area contributed by atoms with Crippen molar-refractivity contribution in [3.05, 3.63) is 54.1 Å². The average Bonchev–Trinajstić information content (AvgIpc) is 3.24. The second-order valence-corrected chi connectivity index (χ2v) is 8.10. The monoisotopic (exact) mass is 425 g/mol. The van der Waals surface area contributed by atoms with Crippen LogP contribution in [0, 0.1) is 0 Å². The number of amides is 1. The highest BCUT2D eigenvalue weighted by atomic mass is 32.2. The van der Waals surface area contributed by atoms with Crippen molar-refractivity contribution < 1.29 is 9.53 Å². The van der Waals surface area contributed by atoms with Crippen molar-refractivity contribution in [1.82, 2.24) is 5.43 Å². The second kappa shape index (κ2) is 10.7. The standard InChI is InChI=1S/C22H27N5O2S/c1-4-20-13-24-22(30-20)25-17-10-8-16(9-11-17)15(2)26-27-21(28)14-23-18-6-5-7-19(12-18)29-3/h5-12,20,23H,4,13-14H2,1-3H3,(H,24,25)(H,27,28)/b26-15-/t20-/m1/s1. The average molecular weight is 426 g/mol. The largest absolute Gasteiger partial charge is 0.497 e. The van der Waals surface area contributed by atoms with E-state index in [0.29, 0.717) is 5.25 Å². The maximum atomic E-state index is 12.1. The Morgan fingerprint density at radius 1 is 1.23 bits per heavy atom. The Bertz CT molecular complexity index is 927. The Morgan fingerprint density at radius 3 is 2.73 bits per heavy atom. The Labute approximate surface area is 181 Å². The first-order valence-electron chi connectivity index (χ1n) is 9.87. The van der Waals surface area contributed by atoms with Gasteiger partial charge in [0.25, 0.3) is 5.91 Å². The minimum atomic E-state index is -0.225. The van der Waals surface area contributed by atoms with Crippen LogP contribution in [0.1, 0.15) is 25.8 Å². The highest BCUT2D eigenvalue weighted by Crippen LogP contribution is 2.24. The fourth-order valence-electron chi connectivity index (χ4n) is 2.78. The fourth-order valence-corrected chi connectivity index (χ4v) is 3.74. The number of carbonyl (C=O) groups excluding carboxylic acids is 1. The second-order valence-electron chi connectivity index (χ2n) is 6.81. The van der Waals surface area contributed by atoms with E-state index >= 15 is 0 Å². The van der Waals surface area contributed by atoms with Gasteiger partial charge in [0.1, 0.15) is 5.75 Å². The molecule has 0 bridgehead atoms. The predicted octanol–water partition coefficient (Wildman–Crippen LogP) is 3.94. The van der Waals surface area contributed by atoms with Crippen molar-refractivity contribution in [2.45, 2.75) is 25.5 Å². The van der Waals surface area contributed by atoms with Crippen LogP contribution in [0.3, 0.4) is 0 Å². The molecular formula is C22H27N5O2S. The van der Waals surface area contributed by atoms with E-state index in [1.807, 2.05) is 55.5 Å². The molecule has 7 nitrogen and oxygen atoms in total. The smallest absolute Gasteiger partial charge is 0.259 e. The normalized spacial score (nSPS) is 16.0. The fraction of sp³-hybridized carbons (Fsp3) is 0.318. The van der Waals surface area contributed by atoms with Crippen LogP contribution in [-0.2, 0) is 4.79 Å². The van der Waals surface area contributed by atoms with Gasteiger partial charge in [-0.3, -0.25) is 9.79 Å². The van der Waals surface area contributed by atoms with E-state index < -0.39 is 0 Å². The van der Waals surface area contributed by atoms with Crippen LogP contribution < -0.4 is 20.8 Å². The van der Waals surface area contributed by atoms with Gasteiger partial charge in [0.05, 0.1) is 25.9 Å². The maximum Gasteiger partial charge on any atom is 0.259 e. The van der Waals surface area contributed by atoms with Gasteiger partial charge in [0.2, 0.25) is 0 Å².